The van der Waals surface area contributed by atoms with E-state index >= 15 is 0 Å². The molecule has 2 heterocycles. The van der Waals surface area contributed by atoms with Crippen LogP contribution in [0.2, 0.25) is 0 Å². The van der Waals surface area contributed by atoms with E-state index in [2.05, 4.69) is 20.2 Å². The Labute approximate surface area is 202 Å². The monoisotopic (exact) mass is 495 g/mol. The van der Waals surface area contributed by atoms with Gasteiger partial charge in [0, 0.05) is 14.1 Å². The van der Waals surface area contributed by atoms with Crippen LogP contribution in [0.1, 0.15) is 47.2 Å². The third kappa shape index (κ3) is 4.37. The first-order chi connectivity index (χ1) is 16.7. The van der Waals surface area contributed by atoms with Crippen LogP contribution >= 0.6 is 0 Å². The van der Waals surface area contributed by atoms with E-state index in [0.29, 0.717) is 4.57 Å². The van der Waals surface area contributed by atoms with Crippen molar-refractivity contribution in [2.24, 2.45) is 24.3 Å². The molecule has 14 nitrogen and oxygen atoms in total. The van der Waals surface area contributed by atoms with Crippen LogP contribution in [-0.4, -0.2) is 46.2 Å². The van der Waals surface area contributed by atoms with Gasteiger partial charge >= 0.3 is 17.6 Å². The first-order valence-electron chi connectivity index (χ1n) is 10.2. The molecule has 0 atom stereocenters. The van der Waals surface area contributed by atoms with Gasteiger partial charge in [0.2, 0.25) is 11.6 Å². The van der Waals surface area contributed by atoms with Gasteiger partial charge in [-0.1, -0.05) is 20.8 Å². The summed E-state index contributed by atoms with van der Waals surface area (Å²) in [7, 11) is 2.40. The minimum Gasteiger partial charge on any atom is -0.493 e. The second kappa shape index (κ2) is 8.95. The summed E-state index contributed by atoms with van der Waals surface area (Å²) in [4.78, 5) is 51.2. The Morgan fingerprint density at radius 1 is 1.00 bits per heavy atom. The van der Waals surface area contributed by atoms with Crippen LogP contribution < -0.4 is 11.2 Å². The average Bonchev–Trinajstić information content (AvgIpc) is 3.20. The molecule has 0 unspecified atom stereocenters. The molecule has 0 spiro atoms. The van der Waals surface area contributed by atoms with Crippen molar-refractivity contribution in [2.45, 2.75) is 26.2 Å². The average molecular weight is 495 g/mol. The van der Waals surface area contributed by atoms with Gasteiger partial charge in [-0.3, -0.25) is 13.9 Å². The zero-order valence-corrected chi connectivity index (χ0v) is 19.8. The Balaban J connectivity index is 2.40. The summed E-state index contributed by atoms with van der Waals surface area (Å²) in [5.74, 6) is -3.80. The maximum absolute atomic E-state index is 12.5. The van der Waals surface area contributed by atoms with Crippen molar-refractivity contribution in [3.63, 3.8) is 0 Å². The van der Waals surface area contributed by atoms with Crippen molar-refractivity contribution in [2.75, 3.05) is 0 Å². The quantitative estimate of drug-likeness (QED) is 0.356. The lowest BCUT2D eigenvalue weighted by molar-refractivity contribution is 0.0696. The van der Waals surface area contributed by atoms with Gasteiger partial charge in [0.05, 0.1) is 29.1 Å². The minimum absolute atomic E-state index is 0.0424. The number of hydrogen-bond donors (Lipinski definition) is 3. The van der Waals surface area contributed by atoms with E-state index in [9.17, 15) is 34.5 Å². The van der Waals surface area contributed by atoms with E-state index in [1.165, 1.54) is 14.1 Å². The van der Waals surface area contributed by atoms with E-state index in [0.717, 1.165) is 27.4 Å². The third-order valence-electron chi connectivity index (χ3n) is 5.17. The molecule has 0 amide bonds. The number of azo groups is 1. The predicted octanol–water partition coefficient (Wildman–Crippen LogP) is 2.64. The highest BCUT2D eigenvalue weighted by atomic mass is 16.4. The predicted molar refractivity (Wildman–Crippen MR) is 125 cm³/mol. The second-order valence-corrected chi connectivity index (χ2v) is 8.75. The van der Waals surface area contributed by atoms with Crippen LogP contribution in [0.5, 0.6) is 5.88 Å². The number of carboxylic acids is 2. The largest absolute Gasteiger partial charge is 0.493 e. The maximum atomic E-state index is 12.5. The number of carboxylic acid groups (broad SMARTS) is 2. The Bertz CT molecular complexity index is 1580. The van der Waals surface area contributed by atoms with E-state index < -0.39 is 40.2 Å². The first kappa shape index (κ1) is 25.6. The van der Waals surface area contributed by atoms with Crippen LogP contribution in [-0.2, 0) is 19.5 Å². The number of aromatic carboxylic acids is 2. The van der Waals surface area contributed by atoms with Crippen molar-refractivity contribution in [3.05, 3.63) is 67.3 Å². The van der Waals surface area contributed by atoms with Crippen LogP contribution in [0, 0.1) is 6.57 Å². The van der Waals surface area contributed by atoms with Crippen molar-refractivity contribution < 1.29 is 24.9 Å². The molecule has 3 aromatic rings. The van der Waals surface area contributed by atoms with Gasteiger partial charge in [-0.25, -0.2) is 23.9 Å². The number of carbonyl (C=O) groups is 2. The SMILES string of the molecule is [C-]#[N+]c1c(C(C)(C)C)nn(-c2cc(C(=O)O)cc(C(=O)O)c2)c1N=Nc1c(O)n(C)c(=O)n(C)c1=O. The normalized spacial score (nSPS) is 11.6. The molecule has 0 saturated carbocycles. The topological polar surface area (TPSA) is 186 Å². The summed E-state index contributed by atoms with van der Waals surface area (Å²) in [6.07, 6.45) is 0. The number of hydrogen-bond acceptors (Lipinski definition) is 8. The molecule has 3 rings (SSSR count). The van der Waals surface area contributed by atoms with Gasteiger partial charge < -0.3 is 15.3 Å². The lowest BCUT2D eigenvalue weighted by Gasteiger charge is -2.15. The number of benzene rings is 1. The summed E-state index contributed by atoms with van der Waals surface area (Å²) >= 11 is 0. The molecular formula is C22H21N7O7. The van der Waals surface area contributed by atoms with Crippen molar-refractivity contribution in [3.8, 4) is 11.6 Å². The van der Waals surface area contributed by atoms with E-state index in [4.69, 9.17) is 6.57 Å². The molecular weight excluding hydrogens is 474 g/mol. The van der Waals surface area contributed by atoms with Gasteiger partial charge in [0.1, 0.15) is 0 Å². The van der Waals surface area contributed by atoms with E-state index in [1.807, 2.05) is 0 Å². The van der Waals surface area contributed by atoms with Crippen LogP contribution in [0.3, 0.4) is 0 Å². The van der Waals surface area contributed by atoms with Gasteiger partial charge in [-0.2, -0.15) is 5.10 Å². The van der Waals surface area contributed by atoms with Gasteiger partial charge in [-0.05, 0) is 23.6 Å². The second-order valence-electron chi connectivity index (χ2n) is 8.75. The fraction of sp³-hybridized carbons (Fsp3) is 0.273. The molecule has 0 aliphatic carbocycles. The summed E-state index contributed by atoms with van der Waals surface area (Å²) in [6, 6.07) is 3.25. The lowest BCUT2D eigenvalue weighted by atomic mass is 9.91. The first-order valence-corrected chi connectivity index (χ1v) is 10.2. The molecule has 1 aromatic carbocycles. The number of nitrogens with zero attached hydrogens (tertiary/aromatic N) is 7. The molecule has 0 aliphatic heterocycles. The van der Waals surface area contributed by atoms with Crippen molar-refractivity contribution in [1.29, 1.82) is 0 Å². The zero-order chi connectivity index (χ0) is 27.1. The number of aromatic hydroxyl groups is 1. The Morgan fingerprint density at radius 2 is 1.56 bits per heavy atom. The van der Waals surface area contributed by atoms with Crippen LogP contribution in [0.15, 0.2) is 38.0 Å². The number of rotatable bonds is 5. The van der Waals surface area contributed by atoms with Crippen LogP contribution in [0.4, 0.5) is 17.2 Å². The lowest BCUT2D eigenvalue weighted by Crippen LogP contribution is -2.36. The fourth-order valence-corrected chi connectivity index (χ4v) is 3.26. The molecule has 2 aromatic heterocycles. The zero-order valence-electron chi connectivity index (χ0n) is 19.8. The molecule has 14 heteroatoms. The Morgan fingerprint density at radius 3 is 2.03 bits per heavy atom. The molecule has 186 valence electrons. The van der Waals surface area contributed by atoms with Crippen LogP contribution in [0.25, 0.3) is 10.5 Å². The third-order valence-corrected chi connectivity index (χ3v) is 5.17. The molecule has 0 aliphatic rings. The summed E-state index contributed by atoms with van der Waals surface area (Å²) < 4.78 is 2.52. The van der Waals surface area contributed by atoms with Gasteiger partial charge in [-0.15, -0.1) is 10.2 Å². The van der Waals surface area contributed by atoms with E-state index in [1.54, 1.807) is 20.8 Å². The van der Waals surface area contributed by atoms with E-state index in [-0.39, 0.29) is 34.0 Å². The maximum Gasteiger partial charge on any atom is 0.335 e. The molecule has 3 N–H and O–H groups in total. The molecule has 0 radical (unpaired) electrons. The van der Waals surface area contributed by atoms with Crippen molar-refractivity contribution in [1.82, 2.24) is 18.9 Å². The highest BCUT2D eigenvalue weighted by Crippen LogP contribution is 2.41. The highest BCUT2D eigenvalue weighted by Gasteiger charge is 2.29. The smallest absolute Gasteiger partial charge is 0.335 e. The molecule has 0 saturated heterocycles. The van der Waals surface area contributed by atoms with Gasteiger partial charge in [0.15, 0.2) is 5.82 Å². The Kier molecular flexibility index (Phi) is 6.35. The number of aromatic nitrogens is 4. The molecule has 0 fully saturated rings. The molecule has 36 heavy (non-hydrogen) atoms. The minimum atomic E-state index is -1.39. The summed E-state index contributed by atoms with van der Waals surface area (Å²) in [5, 5.41) is 41.3. The standard InChI is InChI=1S/C22H21N7O7/c1-22(2,3)15-13(23-4)16(25-24-14-17(30)27(5)21(36)28(6)18(14)31)29(26-15)12-8-10(19(32)33)7-11(9-12)20(34)35/h7-9,30H,1-3,5-6H3,(H,32,33)(H,34,35). The highest BCUT2D eigenvalue weighted by molar-refractivity contribution is 5.95. The fourth-order valence-electron chi connectivity index (χ4n) is 3.26. The summed E-state index contributed by atoms with van der Waals surface area (Å²) in [5.41, 5.74) is -3.65. The van der Waals surface area contributed by atoms with Gasteiger partial charge in [0.25, 0.3) is 11.2 Å². The Hall–Kier alpha value is -5.06. The van der Waals surface area contributed by atoms with Crippen molar-refractivity contribution >= 4 is 29.1 Å². The molecule has 0 bridgehead atoms. The summed E-state index contributed by atoms with van der Waals surface area (Å²) in [6.45, 7) is 13.0.